The summed E-state index contributed by atoms with van der Waals surface area (Å²) in [6.07, 6.45) is 0. The van der Waals surface area contributed by atoms with Crippen LogP contribution in [0, 0.1) is 0 Å². The van der Waals surface area contributed by atoms with Crippen LogP contribution >= 0.6 is 11.6 Å². The molecule has 0 fully saturated rings. The number of fused-ring (bicyclic) bond motifs is 1. The molecule has 1 aliphatic rings. The van der Waals surface area contributed by atoms with Crippen LogP contribution in [0.15, 0.2) is 18.2 Å². The van der Waals surface area contributed by atoms with Crippen molar-refractivity contribution in [2.45, 2.75) is 12.3 Å². The molecule has 0 amide bonds. The van der Waals surface area contributed by atoms with E-state index in [9.17, 15) is 4.79 Å². The molecule has 1 aliphatic heterocycles. The number of hydrogen-bond donors (Lipinski definition) is 0. The summed E-state index contributed by atoms with van der Waals surface area (Å²) in [7, 11) is 0. The van der Waals surface area contributed by atoms with E-state index in [1.54, 1.807) is 18.2 Å². The fourth-order valence-electron chi connectivity index (χ4n) is 1.31. The maximum absolute atomic E-state index is 11.0. The standard InChI is InChI=1S/C10H9ClO3/c1-6(12)10(11)7-2-3-8-9(4-7)14-5-13-8/h2-4,10H,5H2,1H3. The quantitative estimate of drug-likeness (QED) is 0.706. The van der Waals surface area contributed by atoms with Gasteiger partial charge in [-0.3, -0.25) is 4.79 Å². The van der Waals surface area contributed by atoms with E-state index in [0.717, 1.165) is 5.56 Å². The molecule has 74 valence electrons. The van der Waals surface area contributed by atoms with Crippen molar-refractivity contribution in [2.24, 2.45) is 0 Å². The molecule has 3 nitrogen and oxygen atoms in total. The normalized spacial score (nSPS) is 15.3. The minimum atomic E-state index is -0.607. The Morgan fingerprint density at radius 2 is 2.14 bits per heavy atom. The lowest BCUT2D eigenvalue weighted by Crippen LogP contribution is -2.01. The molecule has 0 aromatic heterocycles. The average molecular weight is 213 g/mol. The summed E-state index contributed by atoms with van der Waals surface area (Å²) in [5, 5.41) is -0.607. The minimum absolute atomic E-state index is 0.0782. The first kappa shape index (κ1) is 9.34. The number of carbonyl (C=O) groups is 1. The number of halogens is 1. The van der Waals surface area contributed by atoms with Crippen molar-refractivity contribution in [1.82, 2.24) is 0 Å². The third kappa shape index (κ3) is 1.55. The van der Waals surface area contributed by atoms with Crippen LogP contribution in [0.5, 0.6) is 11.5 Å². The predicted octanol–water partition coefficient (Wildman–Crippen LogP) is 2.28. The number of carbonyl (C=O) groups excluding carboxylic acids is 1. The number of ether oxygens (including phenoxy) is 2. The average Bonchev–Trinajstić information content (AvgIpc) is 2.62. The van der Waals surface area contributed by atoms with Crippen molar-refractivity contribution in [1.29, 1.82) is 0 Å². The van der Waals surface area contributed by atoms with Crippen LogP contribution in [0.4, 0.5) is 0 Å². The Balaban J connectivity index is 2.33. The molecule has 0 radical (unpaired) electrons. The van der Waals surface area contributed by atoms with E-state index >= 15 is 0 Å². The highest BCUT2D eigenvalue weighted by Crippen LogP contribution is 2.35. The topological polar surface area (TPSA) is 35.5 Å². The van der Waals surface area contributed by atoms with Gasteiger partial charge in [-0.2, -0.15) is 0 Å². The van der Waals surface area contributed by atoms with Gasteiger partial charge in [-0.25, -0.2) is 0 Å². The molecular weight excluding hydrogens is 204 g/mol. The maximum Gasteiger partial charge on any atom is 0.231 e. The van der Waals surface area contributed by atoms with Gasteiger partial charge in [0.2, 0.25) is 6.79 Å². The van der Waals surface area contributed by atoms with Gasteiger partial charge in [-0.15, -0.1) is 11.6 Å². The number of rotatable bonds is 2. The zero-order valence-corrected chi connectivity index (χ0v) is 8.38. The Morgan fingerprint density at radius 1 is 1.43 bits per heavy atom. The summed E-state index contributed by atoms with van der Waals surface area (Å²) in [5.41, 5.74) is 0.739. The molecule has 0 N–H and O–H groups in total. The molecule has 0 bridgehead atoms. The SMILES string of the molecule is CC(=O)C(Cl)c1ccc2c(c1)OCO2. The van der Waals surface area contributed by atoms with Crippen molar-refractivity contribution in [3.05, 3.63) is 23.8 Å². The fraction of sp³-hybridized carbons (Fsp3) is 0.300. The molecule has 0 spiro atoms. The van der Waals surface area contributed by atoms with Crippen LogP contribution in [0.2, 0.25) is 0 Å². The van der Waals surface area contributed by atoms with Gasteiger partial charge in [0.15, 0.2) is 17.3 Å². The molecule has 2 rings (SSSR count). The maximum atomic E-state index is 11.0. The zero-order valence-electron chi connectivity index (χ0n) is 7.62. The van der Waals surface area contributed by atoms with E-state index < -0.39 is 5.38 Å². The highest BCUT2D eigenvalue weighted by Gasteiger charge is 2.18. The van der Waals surface area contributed by atoms with E-state index in [4.69, 9.17) is 21.1 Å². The molecule has 1 heterocycles. The van der Waals surface area contributed by atoms with Crippen molar-refractivity contribution < 1.29 is 14.3 Å². The van der Waals surface area contributed by atoms with Gasteiger partial charge in [-0.05, 0) is 24.6 Å². The van der Waals surface area contributed by atoms with E-state index in [-0.39, 0.29) is 12.6 Å². The van der Waals surface area contributed by atoms with Crippen LogP contribution < -0.4 is 9.47 Å². The van der Waals surface area contributed by atoms with Crippen LogP contribution in [0.1, 0.15) is 17.9 Å². The van der Waals surface area contributed by atoms with Gasteiger partial charge in [0.1, 0.15) is 5.38 Å². The second-order valence-electron chi connectivity index (χ2n) is 3.09. The Kier molecular flexibility index (Phi) is 2.33. The van der Waals surface area contributed by atoms with Crippen LogP contribution in [0.3, 0.4) is 0 Å². The summed E-state index contributed by atoms with van der Waals surface area (Å²) in [5.74, 6) is 1.26. The number of hydrogen-bond acceptors (Lipinski definition) is 3. The second kappa shape index (κ2) is 3.50. The molecule has 1 atom stereocenters. The van der Waals surface area contributed by atoms with Crippen LogP contribution in [-0.2, 0) is 4.79 Å². The third-order valence-electron chi connectivity index (χ3n) is 2.05. The first-order valence-electron chi connectivity index (χ1n) is 4.22. The molecular formula is C10H9ClO3. The molecule has 0 aliphatic carbocycles. The van der Waals surface area contributed by atoms with Gasteiger partial charge in [0.05, 0.1) is 0 Å². The second-order valence-corrected chi connectivity index (χ2v) is 3.52. The highest BCUT2D eigenvalue weighted by atomic mass is 35.5. The van der Waals surface area contributed by atoms with Gasteiger partial charge in [-0.1, -0.05) is 6.07 Å². The number of benzene rings is 1. The first-order valence-corrected chi connectivity index (χ1v) is 4.66. The lowest BCUT2D eigenvalue weighted by atomic mass is 10.1. The van der Waals surface area contributed by atoms with Crippen molar-refractivity contribution in [3.63, 3.8) is 0 Å². The minimum Gasteiger partial charge on any atom is -0.454 e. The van der Waals surface area contributed by atoms with Gasteiger partial charge in [0, 0.05) is 0 Å². The fourth-order valence-corrected chi connectivity index (χ4v) is 1.44. The van der Waals surface area contributed by atoms with E-state index in [2.05, 4.69) is 0 Å². The van der Waals surface area contributed by atoms with Gasteiger partial charge in [0.25, 0.3) is 0 Å². The first-order chi connectivity index (χ1) is 6.68. The summed E-state index contributed by atoms with van der Waals surface area (Å²) in [6, 6.07) is 5.27. The number of alkyl halides is 1. The lowest BCUT2D eigenvalue weighted by Gasteiger charge is -2.06. The highest BCUT2D eigenvalue weighted by molar-refractivity contribution is 6.30. The summed E-state index contributed by atoms with van der Waals surface area (Å²) >= 11 is 5.90. The molecule has 1 aromatic rings. The molecule has 14 heavy (non-hydrogen) atoms. The summed E-state index contributed by atoms with van der Waals surface area (Å²) in [6.45, 7) is 1.69. The van der Waals surface area contributed by atoms with E-state index in [0.29, 0.717) is 11.5 Å². The smallest absolute Gasteiger partial charge is 0.231 e. The van der Waals surface area contributed by atoms with Crippen molar-refractivity contribution >= 4 is 17.4 Å². The number of ketones is 1. The summed E-state index contributed by atoms with van der Waals surface area (Å²) in [4.78, 5) is 11.0. The third-order valence-corrected chi connectivity index (χ3v) is 2.61. The predicted molar refractivity (Wildman–Crippen MR) is 51.8 cm³/mol. The van der Waals surface area contributed by atoms with Crippen molar-refractivity contribution in [3.8, 4) is 11.5 Å². The van der Waals surface area contributed by atoms with E-state index in [1.165, 1.54) is 6.92 Å². The lowest BCUT2D eigenvalue weighted by molar-refractivity contribution is -0.116. The monoisotopic (exact) mass is 212 g/mol. The Bertz CT molecular complexity index is 376. The van der Waals surface area contributed by atoms with E-state index in [1.807, 2.05) is 0 Å². The van der Waals surface area contributed by atoms with Crippen LogP contribution in [-0.4, -0.2) is 12.6 Å². The largest absolute Gasteiger partial charge is 0.454 e. The molecule has 1 unspecified atom stereocenters. The molecule has 1 aromatic carbocycles. The van der Waals surface area contributed by atoms with Crippen molar-refractivity contribution in [2.75, 3.05) is 6.79 Å². The zero-order chi connectivity index (χ0) is 10.1. The van der Waals surface area contributed by atoms with Gasteiger partial charge < -0.3 is 9.47 Å². The Morgan fingerprint density at radius 3 is 2.86 bits per heavy atom. The Labute approximate surface area is 86.6 Å². The number of Topliss-reactive ketones (excluding diaryl/α,β-unsaturated/α-hetero) is 1. The van der Waals surface area contributed by atoms with Gasteiger partial charge >= 0.3 is 0 Å². The van der Waals surface area contributed by atoms with Crippen LogP contribution in [0.25, 0.3) is 0 Å². The Hall–Kier alpha value is -1.22. The molecule has 4 heteroatoms. The summed E-state index contributed by atoms with van der Waals surface area (Å²) < 4.78 is 10.3. The molecule has 0 saturated carbocycles. The molecule has 0 saturated heterocycles.